The third-order valence-electron chi connectivity index (χ3n) is 4.26. The third-order valence-corrected chi connectivity index (χ3v) is 5.57. The van der Waals surface area contributed by atoms with Crippen molar-refractivity contribution >= 4 is 52.2 Å². The Hall–Kier alpha value is -3.44. The monoisotopic (exact) mass is 490 g/mol. The lowest BCUT2D eigenvalue weighted by atomic mass is 10.2. The van der Waals surface area contributed by atoms with Crippen LogP contribution in [0.15, 0.2) is 47.4 Å². The van der Waals surface area contributed by atoms with Crippen LogP contribution >= 0.6 is 24.0 Å². The molecule has 1 aliphatic rings. The van der Waals surface area contributed by atoms with Crippen molar-refractivity contribution in [2.24, 2.45) is 0 Å². The van der Waals surface area contributed by atoms with Crippen LogP contribution in [-0.4, -0.2) is 45.4 Å². The number of hydrazine groups is 1. The molecular weight excluding hydrogens is 471 g/mol. The van der Waals surface area contributed by atoms with Gasteiger partial charge in [0.15, 0.2) is 15.8 Å². The zero-order valence-corrected chi connectivity index (χ0v) is 19.0. The van der Waals surface area contributed by atoms with E-state index in [0.717, 1.165) is 22.8 Å². The Morgan fingerprint density at radius 3 is 2.67 bits per heavy atom. The summed E-state index contributed by atoms with van der Waals surface area (Å²) in [6.07, 6.45) is 1.41. The fourth-order valence-electron chi connectivity index (χ4n) is 2.77. The van der Waals surface area contributed by atoms with Crippen molar-refractivity contribution in [3.63, 3.8) is 0 Å². The largest absolute Gasteiger partial charge is 0.490 e. The lowest BCUT2D eigenvalue weighted by Gasteiger charge is -2.15. The molecule has 11 heteroatoms. The van der Waals surface area contributed by atoms with Crippen LogP contribution in [0.25, 0.3) is 6.08 Å². The number of carbonyl (C=O) groups is 3. The maximum Gasteiger partial charge on any atom is 0.306 e. The van der Waals surface area contributed by atoms with Gasteiger partial charge in [-0.05, 0) is 55.0 Å². The van der Waals surface area contributed by atoms with Gasteiger partial charge in [-0.15, -0.1) is 0 Å². The number of nitrogens with one attached hydrogen (secondary N) is 1. The Morgan fingerprint density at radius 1 is 1.21 bits per heavy atom. The van der Waals surface area contributed by atoms with E-state index in [1.165, 1.54) is 18.2 Å². The Labute approximate surface area is 198 Å². The highest BCUT2D eigenvalue weighted by Crippen LogP contribution is 2.34. The van der Waals surface area contributed by atoms with Gasteiger partial charge in [0, 0.05) is 0 Å². The summed E-state index contributed by atoms with van der Waals surface area (Å²) in [6, 6.07) is 10.3. The van der Waals surface area contributed by atoms with E-state index in [-0.39, 0.29) is 27.8 Å². The summed E-state index contributed by atoms with van der Waals surface area (Å²) in [4.78, 5) is 36.1. The normalized spacial score (nSPS) is 14.5. The number of ether oxygens (including phenoxy) is 2. The Morgan fingerprint density at radius 2 is 1.97 bits per heavy atom. The van der Waals surface area contributed by atoms with E-state index in [4.69, 9.17) is 26.8 Å². The van der Waals surface area contributed by atoms with Gasteiger partial charge in [0.25, 0.3) is 11.8 Å². The van der Waals surface area contributed by atoms with Gasteiger partial charge in [-0.3, -0.25) is 19.8 Å². The minimum Gasteiger partial charge on any atom is -0.490 e. The average Bonchev–Trinajstić information content (AvgIpc) is 3.02. The molecule has 0 atom stereocenters. The molecule has 1 heterocycles. The number of rotatable bonds is 9. The quantitative estimate of drug-likeness (QED) is 0.406. The van der Waals surface area contributed by atoms with Gasteiger partial charge in [0.05, 0.1) is 30.1 Å². The van der Waals surface area contributed by atoms with Gasteiger partial charge in [-0.1, -0.05) is 30.0 Å². The fourth-order valence-corrected chi connectivity index (χ4v) is 3.95. The second-order valence-electron chi connectivity index (χ2n) is 6.57. The number of thiocarbonyl (C=S) groups is 1. The molecule has 2 aromatic rings. The molecule has 0 unspecified atom stereocenters. The van der Waals surface area contributed by atoms with Crippen LogP contribution < -0.4 is 14.9 Å². The molecule has 0 spiro atoms. The summed E-state index contributed by atoms with van der Waals surface area (Å²) in [7, 11) is 0. The van der Waals surface area contributed by atoms with Gasteiger partial charge >= 0.3 is 5.97 Å². The SMILES string of the molecule is CCOc1cc(/C=C2/SC(=S)N(NC(=O)c3ccccc3F)C2=O)ccc1OCCC(=O)O. The third kappa shape index (κ3) is 6.08. The fraction of sp³-hybridized carbons (Fsp3) is 0.182. The Bertz CT molecular complexity index is 1140. The first-order valence-electron chi connectivity index (χ1n) is 9.75. The summed E-state index contributed by atoms with van der Waals surface area (Å²) >= 11 is 6.18. The smallest absolute Gasteiger partial charge is 0.306 e. The predicted octanol–water partition coefficient (Wildman–Crippen LogP) is 3.62. The predicted molar refractivity (Wildman–Crippen MR) is 124 cm³/mol. The van der Waals surface area contributed by atoms with E-state index in [1.807, 2.05) is 0 Å². The number of hydrogen-bond donors (Lipinski definition) is 2. The molecule has 8 nitrogen and oxygen atoms in total. The number of nitrogens with zero attached hydrogens (tertiary/aromatic N) is 1. The highest BCUT2D eigenvalue weighted by Gasteiger charge is 2.34. The molecule has 0 saturated carbocycles. The number of thioether (sulfide) groups is 1. The molecule has 2 N–H and O–H groups in total. The molecular formula is C22H19FN2O6S2. The van der Waals surface area contributed by atoms with Crippen LogP contribution in [0.3, 0.4) is 0 Å². The lowest BCUT2D eigenvalue weighted by Crippen LogP contribution is -2.45. The van der Waals surface area contributed by atoms with Gasteiger partial charge in [-0.25, -0.2) is 4.39 Å². The zero-order valence-electron chi connectivity index (χ0n) is 17.4. The summed E-state index contributed by atoms with van der Waals surface area (Å²) in [5, 5.41) is 9.65. The number of halogens is 1. The summed E-state index contributed by atoms with van der Waals surface area (Å²) in [6.45, 7) is 2.12. The average molecular weight is 491 g/mol. The summed E-state index contributed by atoms with van der Waals surface area (Å²) in [5.41, 5.74) is 2.72. The minimum absolute atomic E-state index is 0.0187. The van der Waals surface area contributed by atoms with Crippen molar-refractivity contribution in [3.8, 4) is 11.5 Å². The highest BCUT2D eigenvalue weighted by molar-refractivity contribution is 8.26. The lowest BCUT2D eigenvalue weighted by molar-refractivity contribution is -0.137. The maximum atomic E-state index is 13.9. The number of benzene rings is 2. The van der Waals surface area contributed by atoms with Crippen LogP contribution in [0.1, 0.15) is 29.3 Å². The van der Waals surface area contributed by atoms with Crippen LogP contribution in [0.2, 0.25) is 0 Å². The number of carbonyl (C=O) groups excluding carboxylic acids is 2. The molecule has 1 saturated heterocycles. The van der Waals surface area contributed by atoms with E-state index >= 15 is 0 Å². The van der Waals surface area contributed by atoms with Crippen LogP contribution in [0.4, 0.5) is 4.39 Å². The van der Waals surface area contributed by atoms with Crippen molar-refractivity contribution in [3.05, 3.63) is 64.3 Å². The van der Waals surface area contributed by atoms with E-state index in [9.17, 15) is 18.8 Å². The van der Waals surface area contributed by atoms with E-state index in [1.54, 1.807) is 31.2 Å². The first-order chi connectivity index (χ1) is 15.8. The number of carboxylic acids is 1. The second kappa shape index (κ2) is 10.9. The Kier molecular flexibility index (Phi) is 8.01. The number of carboxylic acid groups (broad SMARTS) is 1. The first-order valence-corrected chi connectivity index (χ1v) is 11.0. The number of amides is 2. The van der Waals surface area contributed by atoms with Crippen LogP contribution in [-0.2, 0) is 9.59 Å². The summed E-state index contributed by atoms with van der Waals surface area (Å²) in [5.74, 6) is -2.29. The van der Waals surface area contributed by atoms with Gasteiger partial charge in [0.1, 0.15) is 5.82 Å². The molecule has 0 aromatic heterocycles. The van der Waals surface area contributed by atoms with Crippen molar-refractivity contribution in [2.75, 3.05) is 13.2 Å². The van der Waals surface area contributed by atoms with E-state index < -0.39 is 23.6 Å². The van der Waals surface area contributed by atoms with Gasteiger partial charge in [0.2, 0.25) is 0 Å². The van der Waals surface area contributed by atoms with Gasteiger partial charge in [-0.2, -0.15) is 5.01 Å². The van der Waals surface area contributed by atoms with Crippen LogP contribution in [0.5, 0.6) is 11.5 Å². The van der Waals surface area contributed by atoms with Crippen molar-refractivity contribution in [1.82, 2.24) is 10.4 Å². The van der Waals surface area contributed by atoms with Crippen molar-refractivity contribution in [1.29, 1.82) is 0 Å². The molecule has 0 radical (unpaired) electrons. The van der Waals surface area contributed by atoms with E-state index in [0.29, 0.717) is 23.7 Å². The van der Waals surface area contributed by atoms with Crippen molar-refractivity contribution < 1.29 is 33.4 Å². The zero-order chi connectivity index (χ0) is 24.0. The molecule has 0 aliphatic carbocycles. The molecule has 3 rings (SSSR count). The molecule has 2 aromatic carbocycles. The summed E-state index contributed by atoms with van der Waals surface area (Å²) < 4.78 is 25.0. The van der Waals surface area contributed by atoms with Crippen molar-refractivity contribution in [2.45, 2.75) is 13.3 Å². The molecule has 0 bridgehead atoms. The second-order valence-corrected chi connectivity index (χ2v) is 8.25. The van der Waals surface area contributed by atoms with Crippen LogP contribution in [0, 0.1) is 5.82 Å². The van der Waals surface area contributed by atoms with Gasteiger partial charge < -0.3 is 14.6 Å². The molecule has 33 heavy (non-hydrogen) atoms. The van der Waals surface area contributed by atoms with E-state index in [2.05, 4.69) is 5.43 Å². The Balaban J connectivity index is 1.76. The maximum absolute atomic E-state index is 13.9. The first kappa shape index (κ1) is 24.2. The highest BCUT2D eigenvalue weighted by atomic mass is 32.2. The minimum atomic E-state index is -0.978. The molecule has 1 aliphatic heterocycles. The molecule has 2 amide bonds. The topological polar surface area (TPSA) is 105 Å². The molecule has 172 valence electrons. The number of hydrogen-bond acceptors (Lipinski definition) is 7. The molecule has 1 fully saturated rings. The number of aliphatic carboxylic acids is 1. The standard InChI is InChI=1S/C22H19FN2O6S2/c1-2-30-17-11-13(7-8-16(17)31-10-9-19(26)27)12-18-21(29)25(22(32)33-18)24-20(28)14-5-3-4-6-15(14)23/h3-8,11-12H,2,9-10H2,1H3,(H,24,28)(H,26,27)/b18-12+.